The van der Waals surface area contributed by atoms with Crippen molar-refractivity contribution in [2.24, 2.45) is 0 Å². The molecule has 0 bridgehead atoms. The van der Waals surface area contributed by atoms with E-state index in [0.717, 1.165) is 31.2 Å². The van der Waals surface area contributed by atoms with Crippen LogP contribution in [0, 0.1) is 18.3 Å². The molecular formula is C14H17N3O. The third kappa shape index (κ3) is 2.67. The molecule has 18 heavy (non-hydrogen) atoms. The van der Waals surface area contributed by atoms with Crippen LogP contribution in [0.3, 0.4) is 0 Å². The molecule has 1 aliphatic rings. The van der Waals surface area contributed by atoms with Crippen LogP contribution in [0.15, 0.2) is 18.5 Å². The number of rotatable bonds is 3. The van der Waals surface area contributed by atoms with E-state index in [1.165, 1.54) is 0 Å². The van der Waals surface area contributed by atoms with Gasteiger partial charge in [0.25, 0.3) is 5.91 Å². The second-order valence-electron chi connectivity index (χ2n) is 4.78. The van der Waals surface area contributed by atoms with Crippen LogP contribution in [-0.4, -0.2) is 28.4 Å². The number of carbonyl (C=O) groups is 1. The van der Waals surface area contributed by atoms with Crippen LogP contribution >= 0.6 is 0 Å². The Balaban J connectivity index is 2.20. The predicted molar refractivity (Wildman–Crippen MR) is 67.9 cm³/mol. The molecule has 0 unspecified atom stereocenters. The molecular weight excluding hydrogens is 226 g/mol. The molecule has 94 valence electrons. The molecule has 0 aromatic carbocycles. The average Bonchev–Trinajstić information content (AvgIpc) is 2.89. The molecule has 0 aliphatic heterocycles. The quantitative estimate of drug-likeness (QED) is 0.765. The van der Waals surface area contributed by atoms with Crippen molar-refractivity contribution in [3.8, 4) is 6.07 Å². The maximum Gasteiger partial charge on any atom is 0.256 e. The van der Waals surface area contributed by atoms with Crippen LogP contribution in [0.4, 0.5) is 0 Å². The van der Waals surface area contributed by atoms with E-state index in [2.05, 4.69) is 11.1 Å². The van der Waals surface area contributed by atoms with Crippen molar-refractivity contribution in [3.63, 3.8) is 0 Å². The van der Waals surface area contributed by atoms with Gasteiger partial charge in [-0.25, -0.2) is 0 Å². The van der Waals surface area contributed by atoms with Crippen molar-refractivity contribution in [3.05, 3.63) is 29.6 Å². The van der Waals surface area contributed by atoms with Crippen LogP contribution in [0.25, 0.3) is 0 Å². The number of nitrogens with zero attached hydrogens (tertiary/aromatic N) is 3. The highest BCUT2D eigenvalue weighted by atomic mass is 16.2. The number of aryl methyl sites for hydroxylation is 1. The number of hydrogen-bond acceptors (Lipinski definition) is 3. The molecule has 1 amide bonds. The minimum absolute atomic E-state index is 0.0698. The Hall–Kier alpha value is -1.89. The van der Waals surface area contributed by atoms with Gasteiger partial charge in [-0.05, 0) is 31.4 Å². The minimum atomic E-state index is -0.0698. The van der Waals surface area contributed by atoms with Crippen LogP contribution in [-0.2, 0) is 0 Å². The van der Waals surface area contributed by atoms with Gasteiger partial charge in [0.2, 0.25) is 0 Å². The van der Waals surface area contributed by atoms with E-state index in [0.29, 0.717) is 5.56 Å². The molecule has 0 spiro atoms. The molecule has 1 fully saturated rings. The largest absolute Gasteiger partial charge is 0.322 e. The van der Waals surface area contributed by atoms with Gasteiger partial charge in [0.05, 0.1) is 11.6 Å². The molecule has 2 rings (SSSR count). The normalized spacial score (nSPS) is 15.3. The molecule has 1 aromatic rings. The van der Waals surface area contributed by atoms with Gasteiger partial charge < -0.3 is 4.90 Å². The first-order chi connectivity index (χ1) is 8.72. The monoisotopic (exact) mass is 243 g/mol. The lowest BCUT2D eigenvalue weighted by atomic mass is 10.1. The van der Waals surface area contributed by atoms with Crippen molar-refractivity contribution in [2.75, 3.05) is 6.54 Å². The Labute approximate surface area is 107 Å². The summed E-state index contributed by atoms with van der Waals surface area (Å²) >= 11 is 0. The highest BCUT2D eigenvalue weighted by Gasteiger charge is 2.27. The third-order valence-corrected chi connectivity index (χ3v) is 3.39. The van der Waals surface area contributed by atoms with E-state index >= 15 is 0 Å². The van der Waals surface area contributed by atoms with Gasteiger partial charge >= 0.3 is 0 Å². The lowest BCUT2D eigenvalue weighted by molar-refractivity contribution is 0.0709. The van der Waals surface area contributed by atoms with Gasteiger partial charge in [0, 0.05) is 18.4 Å². The van der Waals surface area contributed by atoms with Crippen LogP contribution < -0.4 is 0 Å². The second kappa shape index (κ2) is 5.63. The predicted octanol–water partition coefficient (Wildman–Crippen LogP) is 2.30. The summed E-state index contributed by atoms with van der Waals surface area (Å²) in [5, 5.41) is 8.89. The fraction of sp³-hybridized carbons (Fsp3) is 0.500. The maximum atomic E-state index is 12.4. The van der Waals surface area contributed by atoms with Crippen molar-refractivity contribution in [1.82, 2.24) is 9.88 Å². The summed E-state index contributed by atoms with van der Waals surface area (Å²) in [6, 6.07) is 4.14. The molecule has 1 saturated carbocycles. The van der Waals surface area contributed by atoms with Gasteiger partial charge in [-0.3, -0.25) is 9.78 Å². The zero-order valence-corrected chi connectivity index (χ0v) is 10.6. The maximum absolute atomic E-state index is 12.4. The first-order valence-corrected chi connectivity index (χ1v) is 6.32. The van der Waals surface area contributed by atoms with Crippen molar-refractivity contribution >= 4 is 5.91 Å². The summed E-state index contributed by atoms with van der Waals surface area (Å²) in [7, 11) is 0. The number of amides is 1. The fourth-order valence-corrected chi connectivity index (χ4v) is 2.50. The topological polar surface area (TPSA) is 57.0 Å². The number of nitriles is 1. The summed E-state index contributed by atoms with van der Waals surface area (Å²) in [4.78, 5) is 18.2. The molecule has 0 radical (unpaired) electrons. The van der Waals surface area contributed by atoms with Crippen molar-refractivity contribution < 1.29 is 4.79 Å². The number of pyridine rings is 1. The first-order valence-electron chi connectivity index (χ1n) is 6.32. The van der Waals surface area contributed by atoms with Gasteiger partial charge in [0.15, 0.2) is 0 Å². The molecule has 0 atom stereocenters. The smallest absolute Gasteiger partial charge is 0.256 e. The highest BCUT2D eigenvalue weighted by molar-refractivity contribution is 5.94. The van der Waals surface area contributed by atoms with Crippen LogP contribution in [0.1, 0.15) is 41.6 Å². The van der Waals surface area contributed by atoms with E-state index < -0.39 is 0 Å². The molecule has 0 saturated heterocycles. The van der Waals surface area contributed by atoms with Crippen LogP contribution in [0.5, 0.6) is 0 Å². The third-order valence-electron chi connectivity index (χ3n) is 3.39. The SMILES string of the molecule is Cc1cncc(C(=O)N(CC#N)C2CCCC2)c1. The Morgan fingerprint density at radius 2 is 2.22 bits per heavy atom. The van der Waals surface area contributed by atoms with E-state index in [1.54, 1.807) is 17.3 Å². The van der Waals surface area contributed by atoms with E-state index in [4.69, 9.17) is 5.26 Å². The number of aromatic nitrogens is 1. The Morgan fingerprint density at radius 3 is 2.83 bits per heavy atom. The highest BCUT2D eigenvalue weighted by Crippen LogP contribution is 2.24. The molecule has 4 nitrogen and oxygen atoms in total. The van der Waals surface area contributed by atoms with Crippen LogP contribution in [0.2, 0.25) is 0 Å². The molecule has 0 N–H and O–H groups in total. The minimum Gasteiger partial charge on any atom is -0.322 e. The molecule has 4 heteroatoms. The van der Waals surface area contributed by atoms with E-state index in [-0.39, 0.29) is 18.5 Å². The zero-order chi connectivity index (χ0) is 13.0. The van der Waals surface area contributed by atoms with E-state index in [1.807, 2.05) is 13.0 Å². The second-order valence-corrected chi connectivity index (χ2v) is 4.78. The number of hydrogen-bond donors (Lipinski definition) is 0. The lowest BCUT2D eigenvalue weighted by Crippen LogP contribution is -2.39. The van der Waals surface area contributed by atoms with Gasteiger partial charge in [0.1, 0.15) is 6.54 Å². The van der Waals surface area contributed by atoms with E-state index in [9.17, 15) is 4.79 Å². The number of carbonyl (C=O) groups excluding carboxylic acids is 1. The summed E-state index contributed by atoms with van der Waals surface area (Å²) in [6.07, 6.45) is 7.60. The molecule has 1 aromatic heterocycles. The summed E-state index contributed by atoms with van der Waals surface area (Å²) in [5.74, 6) is -0.0698. The zero-order valence-electron chi connectivity index (χ0n) is 10.6. The Bertz CT molecular complexity index is 472. The van der Waals surface area contributed by atoms with Crippen molar-refractivity contribution in [1.29, 1.82) is 5.26 Å². The summed E-state index contributed by atoms with van der Waals surface area (Å²) in [5.41, 5.74) is 1.54. The van der Waals surface area contributed by atoms with Gasteiger partial charge in [-0.2, -0.15) is 5.26 Å². The Kier molecular flexibility index (Phi) is 3.93. The summed E-state index contributed by atoms with van der Waals surface area (Å²) in [6.45, 7) is 2.07. The first kappa shape index (κ1) is 12.6. The van der Waals surface area contributed by atoms with Crippen molar-refractivity contribution in [2.45, 2.75) is 38.6 Å². The molecule has 1 heterocycles. The Morgan fingerprint density at radius 1 is 1.50 bits per heavy atom. The molecule has 1 aliphatic carbocycles. The fourth-order valence-electron chi connectivity index (χ4n) is 2.50. The van der Waals surface area contributed by atoms with Gasteiger partial charge in [-0.1, -0.05) is 12.8 Å². The summed E-state index contributed by atoms with van der Waals surface area (Å²) < 4.78 is 0. The average molecular weight is 243 g/mol. The lowest BCUT2D eigenvalue weighted by Gasteiger charge is -2.26. The standard InChI is InChI=1S/C14H17N3O/c1-11-8-12(10-16-9-11)14(18)17(7-6-15)13-4-2-3-5-13/h8-10,13H,2-5,7H2,1H3. The van der Waals surface area contributed by atoms with Gasteiger partial charge in [-0.15, -0.1) is 0 Å².